The number of amides is 2. The monoisotopic (exact) mass is 399 g/mol. The van der Waals surface area contributed by atoms with Crippen LogP contribution in [0.2, 0.25) is 0 Å². The number of carbonyl (C=O) groups excluding carboxylic acids is 1. The number of urea groups is 1. The molecule has 3 aromatic rings. The number of methoxy groups -OCH3 is 2. The van der Waals surface area contributed by atoms with E-state index < -0.39 is 0 Å². The molecular weight excluding hydrogens is 378 g/mol. The fourth-order valence-corrected chi connectivity index (χ4v) is 3.24. The Morgan fingerprint density at radius 1 is 1.04 bits per heavy atom. The van der Waals surface area contributed by atoms with Crippen LogP contribution in [0.1, 0.15) is 6.92 Å². The van der Waals surface area contributed by atoms with Gasteiger partial charge in [-0.15, -0.1) is 11.3 Å². The molecule has 0 bridgehead atoms. The number of nitrogens with zero attached hydrogens (tertiary/aromatic N) is 1. The van der Waals surface area contributed by atoms with Gasteiger partial charge in [0, 0.05) is 16.6 Å². The van der Waals surface area contributed by atoms with E-state index in [-0.39, 0.29) is 6.03 Å². The van der Waals surface area contributed by atoms with Crippen LogP contribution in [0.15, 0.2) is 47.8 Å². The maximum absolute atomic E-state index is 12.2. The van der Waals surface area contributed by atoms with E-state index in [0.717, 1.165) is 11.3 Å². The molecule has 0 atom stereocenters. The first-order valence-electron chi connectivity index (χ1n) is 8.61. The predicted molar refractivity (Wildman–Crippen MR) is 111 cm³/mol. The van der Waals surface area contributed by atoms with Crippen molar-refractivity contribution in [2.24, 2.45) is 0 Å². The summed E-state index contributed by atoms with van der Waals surface area (Å²) >= 11 is 1.33. The molecule has 8 heteroatoms. The summed E-state index contributed by atoms with van der Waals surface area (Å²) in [6.45, 7) is 2.51. The molecule has 0 saturated heterocycles. The number of ether oxygens (including phenoxy) is 3. The van der Waals surface area contributed by atoms with E-state index in [4.69, 9.17) is 14.2 Å². The minimum absolute atomic E-state index is 0.373. The summed E-state index contributed by atoms with van der Waals surface area (Å²) in [4.78, 5) is 16.7. The third-order valence-corrected chi connectivity index (χ3v) is 4.59. The highest BCUT2D eigenvalue weighted by Crippen LogP contribution is 2.35. The zero-order chi connectivity index (χ0) is 19.9. The number of hydrogen-bond acceptors (Lipinski definition) is 6. The maximum Gasteiger partial charge on any atom is 0.325 e. The molecule has 28 heavy (non-hydrogen) atoms. The van der Waals surface area contributed by atoms with Crippen molar-refractivity contribution in [3.63, 3.8) is 0 Å². The fraction of sp³-hybridized carbons (Fsp3) is 0.200. The molecule has 7 nitrogen and oxygen atoms in total. The van der Waals surface area contributed by atoms with Crippen molar-refractivity contribution in [3.8, 4) is 28.5 Å². The standard InChI is InChI=1S/C20H21N3O4S/c1-4-27-14-7-5-13(6-8-14)21-19(24)23-20-22-17(12-28-20)16-11-15(25-2)9-10-18(16)26-3/h5-12H,4H2,1-3H3,(H2,21,22,23,24). The van der Waals surface area contributed by atoms with Crippen LogP contribution in [0, 0.1) is 0 Å². The number of anilines is 2. The van der Waals surface area contributed by atoms with Crippen molar-refractivity contribution in [2.45, 2.75) is 6.92 Å². The molecule has 0 aliphatic carbocycles. The Morgan fingerprint density at radius 2 is 1.79 bits per heavy atom. The maximum atomic E-state index is 12.2. The molecule has 0 radical (unpaired) electrons. The summed E-state index contributed by atoms with van der Waals surface area (Å²) in [5.74, 6) is 2.13. The molecule has 0 unspecified atom stereocenters. The summed E-state index contributed by atoms with van der Waals surface area (Å²) in [6.07, 6.45) is 0. The second kappa shape index (κ2) is 9.09. The lowest BCUT2D eigenvalue weighted by atomic mass is 10.1. The second-order valence-corrected chi connectivity index (χ2v) is 6.50. The number of aromatic nitrogens is 1. The van der Waals surface area contributed by atoms with Gasteiger partial charge in [-0.3, -0.25) is 5.32 Å². The van der Waals surface area contributed by atoms with Gasteiger partial charge in [0.1, 0.15) is 17.2 Å². The van der Waals surface area contributed by atoms with Gasteiger partial charge in [0.15, 0.2) is 5.13 Å². The average Bonchev–Trinajstić information content (AvgIpc) is 3.17. The van der Waals surface area contributed by atoms with Crippen LogP contribution < -0.4 is 24.8 Å². The van der Waals surface area contributed by atoms with Crippen molar-refractivity contribution in [1.29, 1.82) is 0 Å². The minimum Gasteiger partial charge on any atom is -0.497 e. The molecule has 0 saturated carbocycles. The third-order valence-electron chi connectivity index (χ3n) is 3.83. The smallest absolute Gasteiger partial charge is 0.325 e. The van der Waals surface area contributed by atoms with Gasteiger partial charge in [-0.25, -0.2) is 9.78 Å². The van der Waals surface area contributed by atoms with E-state index in [1.807, 2.05) is 30.5 Å². The van der Waals surface area contributed by atoms with Crippen molar-refractivity contribution in [2.75, 3.05) is 31.5 Å². The summed E-state index contributed by atoms with van der Waals surface area (Å²) < 4.78 is 16.0. The molecule has 1 heterocycles. The van der Waals surface area contributed by atoms with E-state index in [9.17, 15) is 4.79 Å². The average molecular weight is 399 g/mol. The van der Waals surface area contributed by atoms with Gasteiger partial charge >= 0.3 is 6.03 Å². The molecule has 146 valence electrons. The fourth-order valence-electron chi connectivity index (χ4n) is 2.53. The number of nitrogens with one attached hydrogen (secondary N) is 2. The Balaban J connectivity index is 1.68. The van der Waals surface area contributed by atoms with Gasteiger partial charge in [0.2, 0.25) is 0 Å². The molecule has 0 aliphatic rings. The van der Waals surface area contributed by atoms with Crippen molar-refractivity contribution >= 4 is 28.2 Å². The Morgan fingerprint density at radius 3 is 2.46 bits per heavy atom. The zero-order valence-electron chi connectivity index (χ0n) is 15.8. The van der Waals surface area contributed by atoms with Crippen LogP contribution in [0.3, 0.4) is 0 Å². The molecule has 0 aliphatic heterocycles. The lowest BCUT2D eigenvalue weighted by molar-refractivity contribution is 0.262. The molecule has 3 rings (SSSR count). The summed E-state index contributed by atoms with van der Waals surface area (Å²) in [5.41, 5.74) is 2.14. The minimum atomic E-state index is -0.373. The lowest BCUT2D eigenvalue weighted by Crippen LogP contribution is -2.19. The topological polar surface area (TPSA) is 81.7 Å². The quantitative estimate of drug-likeness (QED) is 0.592. The number of rotatable bonds is 7. The van der Waals surface area contributed by atoms with Gasteiger partial charge in [-0.2, -0.15) is 0 Å². The molecule has 2 N–H and O–H groups in total. The highest BCUT2D eigenvalue weighted by atomic mass is 32.1. The summed E-state index contributed by atoms with van der Waals surface area (Å²) in [5, 5.41) is 7.83. The van der Waals surface area contributed by atoms with E-state index in [1.165, 1.54) is 11.3 Å². The van der Waals surface area contributed by atoms with Crippen LogP contribution >= 0.6 is 11.3 Å². The third kappa shape index (κ3) is 4.72. The Hall–Kier alpha value is -3.26. The molecule has 2 amide bonds. The first-order chi connectivity index (χ1) is 13.6. The van der Waals surface area contributed by atoms with E-state index in [0.29, 0.717) is 34.6 Å². The van der Waals surface area contributed by atoms with Crippen molar-refractivity contribution in [3.05, 3.63) is 47.8 Å². The van der Waals surface area contributed by atoms with Crippen molar-refractivity contribution in [1.82, 2.24) is 4.98 Å². The number of carbonyl (C=O) groups is 1. The van der Waals surface area contributed by atoms with E-state index in [2.05, 4.69) is 15.6 Å². The van der Waals surface area contributed by atoms with Crippen LogP contribution in [0.25, 0.3) is 11.3 Å². The highest BCUT2D eigenvalue weighted by molar-refractivity contribution is 7.14. The zero-order valence-corrected chi connectivity index (χ0v) is 16.6. The summed E-state index contributed by atoms with van der Waals surface area (Å²) in [7, 11) is 3.20. The molecule has 0 fully saturated rings. The first kappa shape index (κ1) is 19.5. The molecule has 2 aromatic carbocycles. The van der Waals surface area contributed by atoms with E-state index in [1.54, 1.807) is 38.5 Å². The normalized spacial score (nSPS) is 10.2. The van der Waals surface area contributed by atoms with Gasteiger partial charge in [-0.05, 0) is 49.4 Å². The second-order valence-electron chi connectivity index (χ2n) is 5.64. The van der Waals surface area contributed by atoms with Crippen LogP contribution in [-0.4, -0.2) is 31.8 Å². The molecule has 1 aromatic heterocycles. The number of benzene rings is 2. The molecular formula is C20H21N3O4S. The Labute approximate surface area is 167 Å². The Kier molecular flexibility index (Phi) is 6.33. The lowest BCUT2D eigenvalue weighted by Gasteiger charge is -2.08. The number of hydrogen-bond donors (Lipinski definition) is 2. The molecule has 0 spiro atoms. The SMILES string of the molecule is CCOc1ccc(NC(=O)Nc2nc(-c3cc(OC)ccc3OC)cs2)cc1. The predicted octanol–water partition coefficient (Wildman–Crippen LogP) is 4.87. The van der Waals surface area contributed by atoms with Crippen molar-refractivity contribution < 1.29 is 19.0 Å². The van der Waals surface area contributed by atoms with Crippen LogP contribution in [0.4, 0.5) is 15.6 Å². The first-order valence-corrected chi connectivity index (χ1v) is 9.49. The van der Waals surface area contributed by atoms with Gasteiger partial charge in [0.25, 0.3) is 0 Å². The van der Waals surface area contributed by atoms with Crippen LogP contribution in [-0.2, 0) is 0 Å². The summed E-state index contributed by atoms with van der Waals surface area (Å²) in [6, 6.07) is 12.3. The Bertz CT molecular complexity index is 941. The highest BCUT2D eigenvalue weighted by Gasteiger charge is 2.13. The van der Waals surface area contributed by atoms with Gasteiger partial charge in [0.05, 0.1) is 26.5 Å². The number of thiazole rings is 1. The van der Waals surface area contributed by atoms with Gasteiger partial charge < -0.3 is 19.5 Å². The van der Waals surface area contributed by atoms with Gasteiger partial charge in [-0.1, -0.05) is 0 Å². The largest absolute Gasteiger partial charge is 0.497 e. The van der Waals surface area contributed by atoms with E-state index >= 15 is 0 Å². The van der Waals surface area contributed by atoms with Crippen LogP contribution in [0.5, 0.6) is 17.2 Å².